The standard InChI is InChI=1S/C10H10N2O2S2/c1-6(13)7(2)16-10-12-11-9(14-10)8-4-3-5-15-8/h3-5,7H,1-2H3. The van der Waals surface area contributed by atoms with Gasteiger partial charge in [0.15, 0.2) is 0 Å². The van der Waals surface area contributed by atoms with E-state index in [-0.39, 0.29) is 11.0 Å². The average Bonchev–Trinajstić information content (AvgIpc) is 2.85. The number of carbonyl (C=O) groups is 1. The molecule has 4 nitrogen and oxygen atoms in total. The minimum absolute atomic E-state index is 0.0980. The fraction of sp³-hybridized carbons (Fsp3) is 0.300. The first-order valence-electron chi connectivity index (χ1n) is 4.71. The highest BCUT2D eigenvalue weighted by atomic mass is 32.2. The second kappa shape index (κ2) is 4.80. The van der Waals surface area contributed by atoms with Gasteiger partial charge in [-0.3, -0.25) is 4.79 Å². The molecule has 2 aromatic rings. The van der Waals surface area contributed by atoms with Gasteiger partial charge in [0, 0.05) is 0 Å². The van der Waals surface area contributed by atoms with Crippen LogP contribution in [0.5, 0.6) is 0 Å². The molecule has 0 radical (unpaired) electrons. The van der Waals surface area contributed by atoms with Crippen molar-refractivity contribution in [3.63, 3.8) is 0 Å². The maximum Gasteiger partial charge on any atom is 0.277 e. The summed E-state index contributed by atoms with van der Waals surface area (Å²) in [5.41, 5.74) is 0. The fourth-order valence-electron chi connectivity index (χ4n) is 0.991. The van der Waals surface area contributed by atoms with Crippen molar-refractivity contribution in [1.82, 2.24) is 10.2 Å². The molecular formula is C10H10N2O2S2. The van der Waals surface area contributed by atoms with Gasteiger partial charge in [-0.1, -0.05) is 17.8 Å². The zero-order chi connectivity index (χ0) is 11.5. The maximum atomic E-state index is 11.1. The van der Waals surface area contributed by atoms with Crippen LogP contribution in [0.25, 0.3) is 10.8 Å². The third-order valence-electron chi connectivity index (χ3n) is 1.99. The highest BCUT2D eigenvalue weighted by molar-refractivity contribution is 8.00. The SMILES string of the molecule is CC(=O)C(C)Sc1nnc(-c2cccs2)o1. The summed E-state index contributed by atoms with van der Waals surface area (Å²) in [6, 6.07) is 3.84. The molecule has 1 unspecified atom stereocenters. The van der Waals surface area contributed by atoms with Crippen molar-refractivity contribution in [2.75, 3.05) is 0 Å². The number of aromatic nitrogens is 2. The number of hydrogen-bond acceptors (Lipinski definition) is 6. The summed E-state index contributed by atoms with van der Waals surface area (Å²) in [7, 11) is 0. The molecule has 2 aromatic heterocycles. The summed E-state index contributed by atoms with van der Waals surface area (Å²) in [4.78, 5) is 12.0. The average molecular weight is 254 g/mol. The van der Waals surface area contributed by atoms with Gasteiger partial charge in [-0.2, -0.15) is 0 Å². The largest absolute Gasteiger partial charge is 0.410 e. The first kappa shape index (κ1) is 11.3. The summed E-state index contributed by atoms with van der Waals surface area (Å²) in [5, 5.41) is 10.1. The monoisotopic (exact) mass is 254 g/mol. The van der Waals surface area contributed by atoms with Crippen LogP contribution in [-0.2, 0) is 4.79 Å². The van der Waals surface area contributed by atoms with Gasteiger partial charge in [-0.15, -0.1) is 21.5 Å². The third kappa shape index (κ3) is 2.51. The highest BCUT2D eigenvalue weighted by Crippen LogP contribution is 2.28. The molecule has 0 amide bonds. The van der Waals surface area contributed by atoms with Gasteiger partial charge < -0.3 is 4.42 Å². The molecule has 0 aliphatic heterocycles. The molecule has 0 aliphatic rings. The number of Topliss-reactive ketones (excluding diaryl/α,β-unsaturated/α-hetero) is 1. The molecule has 1 atom stereocenters. The lowest BCUT2D eigenvalue weighted by Gasteiger charge is -2.00. The number of rotatable bonds is 4. The number of carbonyl (C=O) groups excluding carboxylic acids is 1. The van der Waals surface area contributed by atoms with Gasteiger partial charge in [0.2, 0.25) is 0 Å². The van der Waals surface area contributed by atoms with Gasteiger partial charge in [0.05, 0.1) is 10.1 Å². The van der Waals surface area contributed by atoms with E-state index in [1.54, 1.807) is 18.3 Å². The number of thiophene rings is 1. The number of hydrogen-bond donors (Lipinski definition) is 0. The second-order valence-electron chi connectivity index (χ2n) is 3.22. The third-order valence-corrected chi connectivity index (χ3v) is 3.90. The minimum atomic E-state index is -0.156. The topological polar surface area (TPSA) is 56.0 Å². The van der Waals surface area contributed by atoms with E-state index in [1.807, 2.05) is 24.4 Å². The Morgan fingerprint density at radius 2 is 2.38 bits per heavy atom. The van der Waals surface area contributed by atoms with Crippen LogP contribution < -0.4 is 0 Å². The number of nitrogens with zero attached hydrogens (tertiary/aromatic N) is 2. The van der Waals surface area contributed by atoms with Crippen LogP contribution in [0.15, 0.2) is 27.2 Å². The molecule has 2 rings (SSSR count). The Bertz CT molecular complexity index is 479. The Kier molecular flexibility index (Phi) is 3.40. The van der Waals surface area contributed by atoms with E-state index in [9.17, 15) is 4.79 Å². The molecule has 16 heavy (non-hydrogen) atoms. The smallest absolute Gasteiger partial charge is 0.277 e. The summed E-state index contributed by atoms with van der Waals surface area (Å²) in [6.45, 7) is 3.37. The normalized spacial score (nSPS) is 12.6. The van der Waals surface area contributed by atoms with Crippen molar-refractivity contribution >= 4 is 28.9 Å². The molecule has 0 bridgehead atoms. The molecule has 0 N–H and O–H groups in total. The van der Waals surface area contributed by atoms with Crippen LogP contribution in [-0.4, -0.2) is 21.2 Å². The molecule has 0 spiro atoms. The van der Waals surface area contributed by atoms with E-state index in [2.05, 4.69) is 10.2 Å². The van der Waals surface area contributed by atoms with Gasteiger partial charge in [0.1, 0.15) is 5.78 Å². The fourth-order valence-corrected chi connectivity index (χ4v) is 2.32. The van der Waals surface area contributed by atoms with Crippen LogP contribution in [0.4, 0.5) is 0 Å². The van der Waals surface area contributed by atoms with Gasteiger partial charge in [0.25, 0.3) is 11.1 Å². The molecular weight excluding hydrogens is 244 g/mol. The molecule has 0 aliphatic carbocycles. The minimum Gasteiger partial charge on any atom is -0.410 e. The van der Waals surface area contributed by atoms with Gasteiger partial charge >= 0.3 is 0 Å². The first-order valence-corrected chi connectivity index (χ1v) is 6.47. The van der Waals surface area contributed by atoms with Gasteiger partial charge in [-0.05, 0) is 25.3 Å². The van der Waals surface area contributed by atoms with E-state index < -0.39 is 0 Å². The van der Waals surface area contributed by atoms with Crippen molar-refractivity contribution in [3.05, 3.63) is 17.5 Å². The molecule has 2 heterocycles. The van der Waals surface area contributed by atoms with Crippen molar-refractivity contribution in [1.29, 1.82) is 0 Å². The van der Waals surface area contributed by atoms with Crippen LogP contribution >= 0.6 is 23.1 Å². The number of ketones is 1. The zero-order valence-electron chi connectivity index (χ0n) is 8.84. The predicted octanol–water partition coefficient (Wildman–Crippen LogP) is 2.87. The zero-order valence-corrected chi connectivity index (χ0v) is 10.5. The predicted molar refractivity (Wildman–Crippen MR) is 63.6 cm³/mol. The van der Waals surface area contributed by atoms with Crippen molar-refractivity contribution in [2.45, 2.75) is 24.3 Å². The Hall–Kier alpha value is -1.14. The Balaban J connectivity index is 2.11. The van der Waals surface area contributed by atoms with Crippen molar-refractivity contribution in [2.24, 2.45) is 0 Å². The molecule has 84 valence electrons. The Morgan fingerprint density at radius 1 is 1.56 bits per heavy atom. The van der Waals surface area contributed by atoms with Crippen molar-refractivity contribution in [3.8, 4) is 10.8 Å². The summed E-state index contributed by atoms with van der Waals surface area (Å²) in [6.07, 6.45) is 0. The molecule has 0 fully saturated rings. The Morgan fingerprint density at radius 3 is 3.00 bits per heavy atom. The molecule has 0 saturated heterocycles. The van der Waals surface area contributed by atoms with Gasteiger partial charge in [-0.25, -0.2) is 0 Å². The number of thioether (sulfide) groups is 1. The lowest BCUT2D eigenvalue weighted by molar-refractivity contribution is -0.116. The van der Waals surface area contributed by atoms with E-state index in [0.717, 1.165) is 4.88 Å². The van der Waals surface area contributed by atoms with Crippen LogP contribution in [0.3, 0.4) is 0 Å². The molecule has 0 saturated carbocycles. The lowest BCUT2D eigenvalue weighted by Crippen LogP contribution is -2.07. The van der Waals surface area contributed by atoms with Crippen molar-refractivity contribution < 1.29 is 9.21 Å². The summed E-state index contributed by atoms with van der Waals surface area (Å²) < 4.78 is 5.45. The molecule has 6 heteroatoms. The highest BCUT2D eigenvalue weighted by Gasteiger charge is 2.15. The Labute approximate surface area is 101 Å². The van der Waals surface area contributed by atoms with Crippen LogP contribution in [0, 0.1) is 0 Å². The summed E-state index contributed by atoms with van der Waals surface area (Å²) >= 11 is 2.83. The van der Waals surface area contributed by atoms with Crippen LogP contribution in [0.1, 0.15) is 13.8 Å². The van der Waals surface area contributed by atoms with E-state index in [1.165, 1.54) is 11.8 Å². The van der Waals surface area contributed by atoms with E-state index in [4.69, 9.17) is 4.42 Å². The quantitative estimate of drug-likeness (QED) is 0.785. The van der Waals surface area contributed by atoms with E-state index in [0.29, 0.717) is 11.1 Å². The molecule has 0 aromatic carbocycles. The summed E-state index contributed by atoms with van der Waals surface area (Å²) in [5.74, 6) is 0.606. The first-order chi connectivity index (χ1) is 7.66. The lowest BCUT2D eigenvalue weighted by atomic mass is 10.3. The van der Waals surface area contributed by atoms with E-state index >= 15 is 0 Å². The maximum absolute atomic E-state index is 11.1. The van der Waals surface area contributed by atoms with Crippen LogP contribution in [0.2, 0.25) is 0 Å². The second-order valence-corrected chi connectivity index (χ2v) is 5.46.